The van der Waals surface area contributed by atoms with Crippen LogP contribution in [0.3, 0.4) is 0 Å². The number of hydrogen-bond acceptors (Lipinski definition) is 4. The molecule has 2 aliphatic heterocycles. The molecule has 140 valence electrons. The van der Waals surface area contributed by atoms with Crippen LogP contribution in [0.1, 0.15) is 25.7 Å². The second kappa shape index (κ2) is 8.77. The van der Waals surface area contributed by atoms with Gasteiger partial charge in [0.05, 0.1) is 5.75 Å². The van der Waals surface area contributed by atoms with Gasteiger partial charge in [-0.15, -0.1) is 24.0 Å². The Morgan fingerprint density at radius 2 is 1.92 bits per heavy atom. The molecule has 0 aromatic heterocycles. The Morgan fingerprint density at radius 1 is 1.21 bits per heavy atom. The SMILES string of the molecule is CN=C(NCCS(=O)(=O)N1CCSCC1)N1CCC2(CCC2)C1.I. The Bertz CT molecular complexity index is 546. The zero-order valence-corrected chi connectivity index (χ0v) is 18.3. The van der Waals surface area contributed by atoms with Crippen molar-refractivity contribution in [3.05, 3.63) is 0 Å². The van der Waals surface area contributed by atoms with Gasteiger partial charge in [0.25, 0.3) is 0 Å². The van der Waals surface area contributed by atoms with Gasteiger partial charge < -0.3 is 10.2 Å². The van der Waals surface area contributed by atoms with E-state index < -0.39 is 10.0 Å². The van der Waals surface area contributed by atoms with Crippen LogP contribution in [0.4, 0.5) is 0 Å². The van der Waals surface area contributed by atoms with Gasteiger partial charge in [0.2, 0.25) is 10.0 Å². The molecular weight excluding hydrogens is 459 g/mol. The topological polar surface area (TPSA) is 65.0 Å². The zero-order chi connectivity index (χ0) is 16.3. The summed E-state index contributed by atoms with van der Waals surface area (Å²) in [5.41, 5.74) is 0.523. The molecule has 3 fully saturated rings. The molecule has 0 unspecified atom stereocenters. The first kappa shape index (κ1) is 20.6. The lowest BCUT2D eigenvalue weighted by atomic mass is 9.68. The standard InChI is InChI=1S/C15H28N4O2S2.HI/c1-16-14(18-7-5-15(13-18)3-2-4-15)17-6-12-23(20,21)19-8-10-22-11-9-19;/h2-13H2,1H3,(H,16,17);1H. The van der Waals surface area contributed by atoms with Gasteiger partial charge in [-0.05, 0) is 24.7 Å². The predicted octanol–water partition coefficient (Wildman–Crippen LogP) is 1.43. The van der Waals surface area contributed by atoms with Crippen molar-refractivity contribution >= 4 is 51.7 Å². The highest BCUT2D eigenvalue weighted by Crippen LogP contribution is 2.47. The first-order valence-electron chi connectivity index (χ1n) is 8.56. The number of halogens is 1. The van der Waals surface area contributed by atoms with Crippen LogP contribution in [-0.2, 0) is 10.0 Å². The lowest BCUT2D eigenvalue weighted by molar-refractivity contribution is 0.151. The minimum atomic E-state index is -3.14. The van der Waals surface area contributed by atoms with Crippen LogP contribution in [-0.4, -0.2) is 80.6 Å². The van der Waals surface area contributed by atoms with Crippen molar-refractivity contribution in [2.75, 3.05) is 57.0 Å². The Morgan fingerprint density at radius 3 is 2.46 bits per heavy atom. The molecule has 3 aliphatic rings. The van der Waals surface area contributed by atoms with Crippen molar-refractivity contribution in [2.24, 2.45) is 10.4 Å². The maximum atomic E-state index is 12.4. The third-order valence-electron chi connectivity index (χ3n) is 5.37. The molecule has 2 saturated heterocycles. The van der Waals surface area contributed by atoms with E-state index in [1.54, 1.807) is 11.4 Å². The molecule has 0 radical (unpaired) electrons. The van der Waals surface area contributed by atoms with Crippen molar-refractivity contribution in [1.29, 1.82) is 0 Å². The summed E-state index contributed by atoms with van der Waals surface area (Å²) in [5, 5.41) is 3.26. The van der Waals surface area contributed by atoms with Gasteiger partial charge in [-0.25, -0.2) is 12.7 Å². The third-order valence-corrected chi connectivity index (χ3v) is 8.18. The van der Waals surface area contributed by atoms with Crippen LogP contribution in [0.15, 0.2) is 4.99 Å². The third kappa shape index (κ3) is 4.70. The molecule has 2 heterocycles. The van der Waals surface area contributed by atoms with Crippen molar-refractivity contribution in [1.82, 2.24) is 14.5 Å². The Balaban J connectivity index is 0.00000208. The van der Waals surface area contributed by atoms with Gasteiger partial charge in [0, 0.05) is 51.3 Å². The van der Waals surface area contributed by atoms with Crippen LogP contribution in [0.5, 0.6) is 0 Å². The van der Waals surface area contributed by atoms with Gasteiger partial charge in [0.1, 0.15) is 0 Å². The van der Waals surface area contributed by atoms with Gasteiger partial charge in [0.15, 0.2) is 5.96 Å². The molecule has 0 amide bonds. The maximum Gasteiger partial charge on any atom is 0.215 e. The summed E-state index contributed by atoms with van der Waals surface area (Å²) in [6, 6.07) is 0. The van der Waals surface area contributed by atoms with E-state index in [1.165, 1.54) is 25.7 Å². The van der Waals surface area contributed by atoms with Crippen LogP contribution in [0, 0.1) is 5.41 Å². The highest BCUT2D eigenvalue weighted by atomic mass is 127. The van der Waals surface area contributed by atoms with Crippen molar-refractivity contribution in [2.45, 2.75) is 25.7 Å². The molecule has 1 aliphatic carbocycles. The zero-order valence-electron chi connectivity index (χ0n) is 14.4. The van der Waals surface area contributed by atoms with Crippen molar-refractivity contribution < 1.29 is 8.42 Å². The Kier molecular flexibility index (Phi) is 7.51. The number of guanidine groups is 1. The van der Waals surface area contributed by atoms with E-state index in [4.69, 9.17) is 0 Å². The monoisotopic (exact) mass is 488 g/mol. The molecule has 9 heteroatoms. The van der Waals surface area contributed by atoms with E-state index in [9.17, 15) is 8.42 Å². The van der Waals surface area contributed by atoms with Crippen LogP contribution in [0.25, 0.3) is 0 Å². The quantitative estimate of drug-likeness (QED) is 0.369. The molecule has 1 N–H and O–H groups in total. The predicted molar refractivity (Wildman–Crippen MR) is 112 cm³/mol. The fraction of sp³-hybridized carbons (Fsp3) is 0.933. The normalized spacial score (nSPS) is 24.5. The Labute approximate surface area is 167 Å². The number of sulfonamides is 1. The van der Waals surface area contributed by atoms with Crippen molar-refractivity contribution in [3.8, 4) is 0 Å². The van der Waals surface area contributed by atoms with E-state index in [0.717, 1.165) is 30.6 Å². The second-order valence-corrected chi connectivity index (χ2v) is 10.1. The summed E-state index contributed by atoms with van der Waals surface area (Å²) in [6.07, 6.45) is 5.27. The summed E-state index contributed by atoms with van der Waals surface area (Å²) in [5.74, 6) is 2.82. The smallest absolute Gasteiger partial charge is 0.215 e. The van der Waals surface area contributed by atoms with E-state index in [1.807, 2.05) is 11.8 Å². The highest BCUT2D eigenvalue weighted by molar-refractivity contribution is 14.0. The van der Waals surface area contributed by atoms with Crippen LogP contribution in [0.2, 0.25) is 0 Å². The molecule has 24 heavy (non-hydrogen) atoms. The molecule has 1 saturated carbocycles. The summed E-state index contributed by atoms with van der Waals surface area (Å²) in [6.45, 7) is 3.84. The number of nitrogens with zero attached hydrogens (tertiary/aromatic N) is 3. The minimum Gasteiger partial charge on any atom is -0.355 e. The van der Waals surface area contributed by atoms with E-state index in [2.05, 4.69) is 15.2 Å². The molecule has 0 bridgehead atoms. The fourth-order valence-electron chi connectivity index (χ4n) is 3.78. The lowest BCUT2D eigenvalue weighted by Gasteiger charge is -2.38. The fourth-order valence-corrected chi connectivity index (χ4v) is 6.27. The number of rotatable bonds is 4. The van der Waals surface area contributed by atoms with Gasteiger partial charge >= 0.3 is 0 Å². The van der Waals surface area contributed by atoms with E-state index in [0.29, 0.717) is 25.0 Å². The first-order valence-corrected chi connectivity index (χ1v) is 11.3. The van der Waals surface area contributed by atoms with Crippen molar-refractivity contribution in [3.63, 3.8) is 0 Å². The minimum absolute atomic E-state index is 0. The number of thioether (sulfide) groups is 1. The maximum absolute atomic E-state index is 12.4. The van der Waals surface area contributed by atoms with Gasteiger partial charge in [-0.1, -0.05) is 6.42 Å². The molecule has 0 aromatic carbocycles. The summed E-state index contributed by atoms with van der Waals surface area (Å²) >= 11 is 1.82. The molecule has 0 atom stereocenters. The molecular formula is C15H29IN4O2S2. The molecule has 0 aromatic rings. The highest BCUT2D eigenvalue weighted by Gasteiger charge is 2.43. The van der Waals surface area contributed by atoms with E-state index in [-0.39, 0.29) is 29.7 Å². The molecule has 3 rings (SSSR count). The van der Waals surface area contributed by atoms with E-state index >= 15 is 0 Å². The molecule has 1 spiro atoms. The Hall–Kier alpha value is 0.260. The van der Waals surface area contributed by atoms with Crippen LogP contribution < -0.4 is 5.32 Å². The average molecular weight is 488 g/mol. The lowest BCUT2D eigenvalue weighted by Crippen LogP contribution is -2.46. The van der Waals surface area contributed by atoms with Gasteiger partial charge in [-0.2, -0.15) is 11.8 Å². The largest absolute Gasteiger partial charge is 0.355 e. The van der Waals surface area contributed by atoms with Crippen LogP contribution >= 0.6 is 35.7 Å². The second-order valence-electron chi connectivity index (χ2n) is 6.83. The summed E-state index contributed by atoms with van der Waals surface area (Å²) in [7, 11) is -1.36. The van der Waals surface area contributed by atoms with Gasteiger partial charge in [-0.3, -0.25) is 4.99 Å². The molecule has 6 nitrogen and oxygen atoms in total. The summed E-state index contributed by atoms with van der Waals surface area (Å²) in [4.78, 5) is 6.64. The number of nitrogens with one attached hydrogen (secondary N) is 1. The number of aliphatic imine (C=N–C) groups is 1. The average Bonchev–Trinajstić information content (AvgIpc) is 2.98. The summed E-state index contributed by atoms with van der Waals surface area (Å²) < 4.78 is 26.3. The number of likely N-dealkylation sites (tertiary alicyclic amines) is 1. The number of hydrogen-bond donors (Lipinski definition) is 1. The first-order chi connectivity index (χ1) is 11.0.